The first kappa shape index (κ1) is 15.5. The van der Waals surface area contributed by atoms with Crippen molar-refractivity contribution in [3.8, 4) is 5.75 Å². The molecule has 21 heavy (non-hydrogen) atoms. The van der Waals surface area contributed by atoms with E-state index in [-0.39, 0.29) is 0 Å². The molecule has 0 aliphatic heterocycles. The Bertz CT molecular complexity index is 533. The molecule has 0 bridgehead atoms. The average Bonchev–Trinajstić information content (AvgIpc) is 2.93. The van der Waals surface area contributed by atoms with Crippen molar-refractivity contribution in [2.45, 2.75) is 33.4 Å². The molecule has 5 nitrogen and oxygen atoms in total. The van der Waals surface area contributed by atoms with Crippen LogP contribution in [0.15, 0.2) is 30.5 Å². The summed E-state index contributed by atoms with van der Waals surface area (Å²) >= 11 is 0. The van der Waals surface area contributed by atoms with Crippen LogP contribution in [0.4, 0.5) is 0 Å². The molecule has 0 unspecified atom stereocenters. The van der Waals surface area contributed by atoms with E-state index in [1.165, 1.54) is 5.56 Å². The predicted octanol–water partition coefficient (Wildman–Crippen LogP) is 2.28. The van der Waals surface area contributed by atoms with E-state index in [2.05, 4.69) is 41.6 Å². The number of nitrogens with one attached hydrogen (secondary N) is 1. The molecule has 1 aromatic carbocycles. The standard InChI is InChI=1S/C16H24N4O/c1-13(2)10-17-11-15-12-20(19-18-15)9-8-14-4-6-16(21-3)7-5-14/h4-7,12-13,17H,8-11H2,1-3H3. The van der Waals surface area contributed by atoms with E-state index in [9.17, 15) is 0 Å². The van der Waals surface area contributed by atoms with Gasteiger partial charge in [0.15, 0.2) is 0 Å². The third-order valence-electron chi connectivity index (χ3n) is 3.23. The lowest BCUT2D eigenvalue weighted by Crippen LogP contribution is -2.19. The fourth-order valence-electron chi connectivity index (χ4n) is 2.05. The van der Waals surface area contributed by atoms with Crippen LogP contribution in [-0.2, 0) is 19.5 Å². The first-order valence-electron chi connectivity index (χ1n) is 7.40. The molecule has 2 aromatic rings. The summed E-state index contributed by atoms with van der Waals surface area (Å²) in [6.07, 6.45) is 2.95. The van der Waals surface area contributed by atoms with Gasteiger partial charge in [0, 0.05) is 19.3 Å². The lowest BCUT2D eigenvalue weighted by atomic mass is 10.1. The monoisotopic (exact) mass is 288 g/mol. The molecular weight excluding hydrogens is 264 g/mol. The number of hydrogen-bond donors (Lipinski definition) is 1. The fraction of sp³-hybridized carbons (Fsp3) is 0.500. The van der Waals surface area contributed by atoms with Crippen LogP contribution in [0.1, 0.15) is 25.1 Å². The average molecular weight is 288 g/mol. The number of methoxy groups -OCH3 is 1. The van der Waals surface area contributed by atoms with E-state index in [0.29, 0.717) is 5.92 Å². The molecule has 0 atom stereocenters. The summed E-state index contributed by atoms with van der Waals surface area (Å²) in [6.45, 7) is 7.00. The first-order valence-corrected chi connectivity index (χ1v) is 7.40. The van der Waals surface area contributed by atoms with Gasteiger partial charge in [0.25, 0.3) is 0 Å². The van der Waals surface area contributed by atoms with Crippen molar-refractivity contribution in [3.05, 3.63) is 41.7 Å². The molecule has 0 saturated carbocycles. The summed E-state index contributed by atoms with van der Waals surface area (Å²) in [5.41, 5.74) is 2.26. The van der Waals surface area contributed by atoms with Crippen molar-refractivity contribution >= 4 is 0 Å². The number of hydrogen-bond acceptors (Lipinski definition) is 4. The van der Waals surface area contributed by atoms with Gasteiger partial charge in [-0.1, -0.05) is 31.2 Å². The van der Waals surface area contributed by atoms with Crippen molar-refractivity contribution in [1.29, 1.82) is 0 Å². The quantitative estimate of drug-likeness (QED) is 0.809. The van der Waals surface area contributed by atoms with Crippen LogP contribution in [0.2, 0.25) is 0 Å². The molecule has 0 aliphatic carbocycles. The van der Waals surface area contributed by atoms with Crippen LogP contribution in [0, 0.1) is 5.92 Å². The highest BCUT2D eigenvalue weighted by Crippen LogP contribution is 2.12. The largest absolute Gasteiger partial charge is 0.497 e. The highest BCUT2D eigenvalue weighted by molar-refractivity contribution is 5.27. The molecule has 1 N–H and O–H groups in total. The van der Waals surface area contributed by atoms with Gasteiger partial charge in [0.05, 0.1) is 12.8 Å². The van der Waals surface area contributed by atoms with E-state index in [1.54, 1.807) is 7.11 Å². The molecule has 5 heteroatoms. The maximum Gasteiger partial charge on any atom is 0.118 e. The molecule has 114 valence electrons. The Morgan fingerprint density at radius 1 is 1.24 bits per heavy atom. The smallest absolute Gasteiger partial charge is 0.118 e. The number of nitrogens with zero attached hydrogens (tertiary/aromatic N) is 3. The van der Waals surface area contributed by atoms with Crippen molar-refractivity contribution in [2.75, 3.05) is 13.7 Å². The van der Waals surface area contributed by atoms with Crippen molar-refractivity contribution in [2.24, 2.45) is 5.92 Å². The van der Waals surface area contributed by atoms with Gasteiger partial charge in [-0.15, -0.1) is 5.10 Å². The molecule has 0 aliphatic rings. The molecule has 0 spiro atoms. The summed E-state index contributed by atoms with van der Waals surface area (Å²) in [7, 11) is 1.68. The summed E-state index contributed by atoms with van der Waals surface area (Å²) < 4.78 is 7.05. The SMILES string of the molecule is COc1ccc(CCn2cc(CNCC(C)C)nn2)cc1. The molecule has 0 saturated heterocycles. The van der Waals surface area contributed by atoms with Gasteiger partial charge in [-0.3, -0.25) is 4.68 Å². The van der Waals surface area contributed by atoms with Gasteiger partial charge in [-0.05, 0) is 36.6 Å². The van der Waals surface area contributed by atoms with Gasteiger partial charge >= 0.3 is 0 Å². The number of ether oxygens (including phenoxy) is 1. The Labute approximate surface area is 126 Å². The molecule has 0 radical (unpaired) electrons. The number of benzene rings is 1. The third kappa shape index (κ3) is 5.19. The minimum Gasteiger partial charge on any atom is -0.497 e. The second kappa shape index (κ2) is 7.78. The summed E-state index contributed by atoms with van der Waals surface area (Å²) in [6, 6.07) is 8.14. The van der Waals surface area contributed by atoms with Gasteiger partial charge in [0.2, 0.25) is 0 Å². The van der Waals surface area contributed by atoms with Gasteiger partial charge in [-0.2, -0.15) is 0 Å². The topological polar surface area (TPSA) is 52.0 Å². The fourth-order valence-corrected chi connectivity index (χ4v) is 2.05. The Morgan fingerprint density at radius 2 is 2.00 bits per heavy atom. The zero-order valence-corrected chi connectivity index (χ0v) is 13.0. The van der Waals surface area contributed by atoms with Crippen molar-refractivity contribution < 1.29 is 4.74 Å². The summed E-state index contributed by atoms with van der Waals surface area (Å²) in [4.78, 5) is 0. The third-order valence-corrected chi connectivity index (χ3v) is 3.23. The Hall–Kier alpha value is -1.88. The first-order chi connectivity index (χ1) is 10.2. The van der Waals surface area contributed by atoms with Crippen LogP contribution < -0.4 is 10.1 Å². The van der Waals surface area contributed by atoms with E-state index < -0.39 is 0 Å². The van der Waals surface area contributed by atoms with Crippen LogP contribution >= 0.6 is 0 Å². The molecule has 0 amide bonds. The van der Waals surface area contributed by atoms with Crippen molar-refractivity contribution in [3.63, 3.8) is 0 Å². The van der Waals surface area contributed by atoms with E-state index in [1.807, 2.05) is 23.0 Å². The van der Waals surface area contributed by atoms with Crippen LogP contribution in [0.3, 0.4) is 0 Å². The zero-order valence-electron chi connectivity index (χ0n) is 13.0. The van der Waals surface area contributed by atoms with E-state index in [4.69, 9.17) is 4.74 Å². The predicted molar refractivity (Wildman–Crippen MR) is 83.3 cm³/mol. The minimum atomic E-state index is 0.648. The number of aryl methyl sites for hydroxylation is 2. The molecule has 1 heterocycles. The molecular formula is C16H24N4O. The number of rotatable bonds is 8. The Balaban J connectivity index is 1.79. The molecule has 0 fully saturated rings. The second-order valence-corrected chi connectivity index (χ2v) is 5.60. The van der Waals surface area contributed by atoms with Crippen LogP contribution in [0.5, 0.6) is 5.75 Å². The van der Waals surface area contributed by atoms with Crippen LogP contribution in [0.25, 0.3) is 0 Å². The Morgan fingerprint density at radius 3 is 2.67 bits per heavy atom. The summed E-state index contributed by atoms with van der Waals surface area (Å²) in [5.74, 6) is 1.54. The van der Waals surface area contributed by atoms with Gasteiger partial charge in [-0.25, -0.2) is 0 Å². The van der Waals surface area contributed by atoms with E-state index in [0.717, 1.165) is 37.5 Å². The van der Waals surface area contributed by atoms with E-state index >= 15 is 0 Å². The van der Waals surface area contributed by atoms with Crippen molar-refractivity contribution in [1.82, 2.24) is 20.3 Å². The van der Waals surface area contributed by atoms with Gasteiger partial charge in [0.1, 0.15) is 5.75 Å². The lowest BCUT2D eigenvalue weighted by Gasteiger charge is -2.04. The number of aromatic nitrogens is 3. The normalized spacial score (nSPS) is 11.0. The maximum atomic E-state index is 5.16. The summed E-state index contributed by atoms with van der Waals surface area (Å²) in [5, 5.41) is 11.7. The van der Waals surface area contributed by atoms with Gasteiger partial charge < -0.3 is 10.1 Å². The lowest BCUT2D eigenvalue weighted by molar-refractivity contribution is 0.414. The molecule has 1 aromatic heterocycles. The van der Waals surface area contributed by atoms with Crippen LogP contribution in [-0.4, -0.2) is 28.6 Å². The molecule has 2 rings (SSSR count). The maximum absolute atomic E-state index is 5.16. The highest BCUT2D eigenvalue weighted by atomic mass is 16.5. The second-order valence-electron chi connectivity index (χ2n) is 5.60. The zero-order chi connectivity index (χ0) is 15.1. The Kier molecular flexibility index (Phi) is 5.75. The minimum absolute atomic E-state index is 0.648. The highest BCUT2D eigenvalue weighted by Gasteiger charge is 2.02.